The van der Waals surface area contributed by atoms with E-state index in [1.54, 1.807) is 6.07 Å². The minimum Gasteiger partial charge on any atom is -0.382 e. The van der Waals surface area contributed by atoms with Crippen LogP contribution in [0.1, 0.15) is 32.8 Å². The summed E-state index contributed by atoms with van der Waals surface area (Å²) in [5.74, 6) is 0. The number of hydrogen-bond donors (Lipinski definition) is 1. The minimum atomic E-state index is 0.107. The summed E-state index contributed by atoms with van der Waals surface area (Å²) in [5.41, 5.74) is 2.42. The van der Waals surface area contributed by atoms with Gasteiger partial charge in [0, 0.05) is 21.8 Å². The number of nitrogens with one attached hydrogen (secondary N) is 1. The summed E-state index contributed by atoms with van der Waals surface area (Å²) in [7, 11) is 0. The molecule has 2 aromatic carbocycles. The lowest BCUT2D eigenvalue weighted by atomic mass is 9.79. The van der Waals surface area contributed by atoms with Crippen LogP contribution in [0.3, 0.4) is 0 Å². The molecule has 0 aliphatic heterocycles. The van der Waals surface area contributed by atoms with Crippen molar-refractivity contribution in [3.8, 4) is 0 Å². The van der Waals surface area contributed by atoms with Gasteiger partial charge in [-0.05, 0) is 42.5 Å². The molecular weight excluding hydrogens is 301 g/mol. The highest BCUT2D eigenvalue weighted by Gasteiger charge is 2.23. The van der Waals surface area contributed by atoms with Crippen molar-refractivity contribution in [3.63, 3.8) is 0 Å². The third-order valence-corrected chi connectivity index (χ3v) is 4.08. The summed E-state index contributed by atoms with van der Waals surface area (Å²) in [6, 6.07) is 16.5. The Kier molecular flexibility index (Phi) is 5.18. The van der Waals surface area contributed by atoms with Crippen molar-refractivity contribution < 1.29 is 0 Å². The first-order valence-electron chi connectivity index (χ1n) is 7.15. The van der Waals surface area contributed by atoms with Crippen molar-refractivity contribution in [2.45, 2.75) is 38.6 Å². The second-order valence-electron chi connectivity index (χ2n) is 6.16. The van der Waals surface area contributed by atoms with Gasteiger partial charge < -0.3 is 5.32 Å². The summed E-state index contributed by atoms with van der Waals surface area (Å²) in [6.07, 6.45) is 1.02. The van der Waals surface area contributed by atoms with Gasteiger partial charge in [0.25, 0.3) is 0 Å². The Balaban J connectivity index is 2.05. The maximum Gasteiger partial charge on any atom is 0.0441 e. The molecule has 112 valence electrons. The summed E-state index contributed by atoms with van der Waals surface area (Å²) in [5, 5.41) is 4.79. The molecule has 0 bridgehead atoms. The van der Waals surface area contributed by atoms with Crippen molar-refractivity contribution in [1.29, 1.82) is 0 Å². The molecule has 0 saturated carbocycles. The van der Waals surface area contributed by atoms with Gasteiger partial charge in [-0.2, -0.15) is 0 Å². The summed E-state index contributed by atoms with van der Waals surface area (Å²) < 4.78 is 0. The van der Waals surface area contributed by atoms with E-state index in [2.05, 4.69) is 56.4 Å². The van der Waals surface area contributed by atoms with Crippen molar-refractivity contribution in [2.75, 3.05) is 5.32 Å². The number of anilines is 1. The first-order valence-corrected chi connectivity index (χ1v) is 7.90. The van der Waals surface area contributed by atoms with Crippen LogP contribution in [0.5, 0.6) is 0 Å². The van der Waals surface area contributed by atoms with E-state index in [-0.39, 0.29) is 5.41 Å². The number of benzene rings is 2. The summed E-state index contributed by atoms with van der Waals surface area (Å²) in [4.78, 5) is 0. The van der Waals surface area contributed by atoms with Gasteiger partial charge >= 0.3 is 0 Å². The fourth-order valence-electron chi connectivity index (χ4n) is 2.75. The average Bonchev–Trinajstić information content (AvgIpc) is 2.37. The van der Waals surface area contributed by atoms with Crippen molar-refractivity contribution >= 4 is 28.9 Å². The lowest BCUT2D eigenvalue weighted by Crippen LogP contribution is -2.27. The fraction of sp³-hybridized carbons (Fsp3) is 0.333. The lowest BCUT2D eigenvalue weighted by Gasteiger charge is -2.29. The summed E-state index contributed by atoms with van der Waals surface area (Å²) in [6.45, 7) is 6.72. The van der Waals surface area contributed by atoms with Gasteiger partial charge in [0.05, 0.1) is 0 Å². The first kappa shape index (κ1) is 16.2. The minimum absolute atomic E-state index is 0.107. The monoisotopic (exact) mass is 321 g/mol. The van der Waals surface area contributed by atoms with Crippen LogP contribution < -0.4 is 5.32 Å². The zero-order valence-corrected chi connectivity index (χ0v) is 14.2. The molecule has 3 heteroatoms. The SMILES string of the molecule is CC(CC(C)(C)c1ccccc1)Nc1cc(Cl)cc(Cl)c1. The molecular formula is C18H21Cl2N. The third-order valence-electron chi connectivity index (χ3n) is 3.65. The van der Waals surface area contributed by atoms with Crippen LogP contribution >= 0.6 is 23.2 Å². The highest BCUT2D eigenvalue weighted by atomic mass is 35.5. The zero-order valence-electron chi connectivity index (χ0n) is 12.7. The molecule has 1 unspecified atom stereocenters. The number of halogens is 2. The van der Waals surface area contributed by atoms with Crippen LogP contribution in [0.25, 0.3) is 0 Å². The second kappa shape index (κ2) is 6.72. The summed E-state index contributed by atoms with van der Waals surface area (Å²) >= 11 is 12.1. The molecule has 1 atom stereocenters. The van der Waals surface area contributed by atoms with Crippen LogP contribution in [0, 0.1) is 0 Å². The van der Waals surface area contributed by atoms with E-state index in [4.69, 9.17) is 23.2 Å². The first-order chi connectivity index (χ1) is 9.87. The topological polar surface area (TPSA) is 12.0 Å². The Hall–Kier alpha value is -1.18. The van der Waals surface area contributed by atoms with Crippen LogP contribution in [-0.4, -0.2) is 6.04 Å². The Bertz CT molecular complexity index is 573. The van der Waals surface area contributed by atoms with Gasteiger partial charge in [-0.3, -0.25) is 0 Å². The molecule has 0 amide bonds. The molecule has 0 aliphatic rings. The molecule has 2 rings (SSSR count). The van der Waals surface area contributed by atoms with Crippen LogP contribution in [0.15, 0.2) is 48.5 Å². The normalized spacial score (nSPS) is 13.0. The maximum absolute atomic E-state index is 6.04. The van der Waals surface area contributed by atoms with Gasteiger partial charge in [-0.15, -0.1) is 0 Å². The molecule has 0 aromatic heterocycles. The standard InChI is InChI=1S/C18H21Cl2N/c1-13(21-17-10-15(19)9-16(20)11-17)12-18(2,3)14-7-5-4-6-8-14/h4-11,13,21H,12H2,1-3H3. The molecule has 0 saturated heterocycles. The van der Waals surface area contributed by atoms with E-state index < -0.39 is 0 Å². The quantitative estimate of drug-likeness (QED) is 0.695. The molecule has 1 nitrogen and oxygen atoms in total. The van der Waals surface area contributed by atoms with Gasteiger partial charge in [0.15, 0.2) is 0 Å². The number of rotatable bonds is 5. The van der Waals surface area contributed by atoms with Gasteiger partial charge in [-0.1, -0.05) is 67.4 Å². The molecule has 21 heavy (non-hydrogen) atoms. The van der Waals surface area contributed by atoms with Crippen LogP contribution in [0.4, 0.5) is 5.69 Å². The lowest BCUT2D eigenvalue weighted by molar-refractivity contribution is 0.450. The average molecular weight is 322 g/mol. The van der Waals surface area contributed by atoms with E-state index >= 15 is 0 Å². The van der Waals surface area contributed by atoms with E-state index in [9.17, 15) is 0 Å². The molecule has 0 radical (unpaired) electrons. The molecule has 2 aromatic rings. The molecule has 0 heterocycles. The van der Waals surface area contributed by atoms with Gasteiger partial charge in [0.1, 0.15) is 0 Å². The van der Waals surface area contributed by atoms with Gasteiger partial charge in [-0.25, -0.2) is 0 Å². The predicted molar refractivity (Wildman–Crippen MR) is 93.6 cm³/mol. The Morgan fingerprint density at radius 2 is 1.57 bits per heavy atom. The molecule has 0 fully saturated rings. The second-order valence-corrected chi connectivity index (χ2v) is 7.03. The third kappa shape index (κ3) is 4.66. The van der Waals surface area contributed by atoms with E-state index in [1.807, 2.05) is 12.1 Å². The van der Waals surface area contributed by atoms with E-state index in [1.165, 1.54) is 5.56 Å². The molecule has 0 spiro atoms. The smallest absolute Gasteiger partial charge is 0.0441 e. The Morgan fingerprint density at radius 3 is 2.14 bits per heavy atom. The maximum atomic E-state index is 6.04. The Morgan fingerprint density at radius 1 is 1.00 bits per heavy atom. The number of hydrogen-bond acceptors (Lipinski definition) is 1. The van der Waals surface area contributed by atoms with E-state index in [0.29, 0.717) is 16.1 Å². The predicted octanol–water partition coefficient (Wildman–Crippen LogP) is 6.16. The highest BCUT2D eigenvalue weighted by Crippen LogP contribution is 2.30. The van der Waals surface area contributed by atoms with Crippen molar-refractivity contribution in [3.05, 3.63) is 64.1 Å². The van der Waals surface area contributed by atoms with Crippen molar-refractivity contribution in [2.24, 2.45) is 0 Å². The zero-order chi connectivity index (χ0) is 15.5. The van der Waals surface area contributed by atoms with Crippen molar-refractivity contribution in [1.82, 2.24) is 0 Å². The van der Waals surface area contributed by atoms with Crippen LogP contribution in [-0.2, 0) is 5.41 Å². The Labute approximate surface area is 137 Å². The fourth-order valence-corrected chi connectivity index (χ4v) is 3.27. The molecule has 0 aliphatic carbocycles. The van der Waals surface area contributed by atoms with Crippen LogP contribution in [0.2, 0.25) is 10.0 Å². The molecule has 1 N–H and O–H groups in total. The van der Waals surface area contributed by atoms with E-state index in [0.717, 1.165) is 12.1 Å². The van der Waals surface area contributed by atoms with Gasteiger partial charge in [0.2, 0.25) is 0 Å². The highest BCUT2D eigenvalue weighted by molar-refractivity contribution is 6.35. The largest absolute Gasteiger partial charge is 0.382 e.